The molecule has 0 aliphatic rings. The van der Waals surface area contributed by atoms with Crippen molar-refractivity contribution in [2.45, 2.75) is 51.6 Å². The third-order valence-corrected chi connectivity index (χ3v) is 1.71. The lowest BCUT2D eigenvalue weighted by molar-refractivity contribution is 0.573. The molecule has 1 heteroatoms. The van der Waals surface area contributed by atoms with Crippen molar-refractivity contribution in [1.29, 1.82) is 0 Å². The SMILES string of the molecule is CCCCCC(C)(C)P. The van der Waals surface area contributed by atoms with E-state index >= 15 is 0 Å². The van der Waals surface area contributed by atoms with Crippen molar-refractivity contribution in [1.82, 2.24) is 0 Å². The molecule has 0 fully saturated rings. The van der Waals surface area contributed by atoms with Crippen LogP contribution in [0.1, 0.15) is 46.5 Å². The van der Waals surface area contributed by atoms with Gasteiger partial charge in [-0.05, 0) is 11.6 Å². The second kappa shape index (κ2) is 4.28. The molecule has 0 aromatic rings. The molecule has 0 aliphatic carbocycles. The van der Waals surface area contributed by atoms with E-state index in [-0.39, 0.29) is 0 Å². The van der Waals surface area contributed by atoms with Gasteiger partial charge in [-0.15, -0.1) is 9.24 Å². The molecule has 0 spiro atoms. The molecule has 0 rings (SSSR count). The first kappa shape index (κ1) is 9.43. The Morgan fingerprint density at radius 3 is 2.11 bits per heavy atom. The van der Waals surface area contributed by atoms with Gasteiger partial charge < -0.3 is 0 Å². The van der Waals surface area contributed by atoms with Crippen LogP contribution in [0.4, 0.5) is 0 Å². The smallest absolute Gasteiger partial charge is 0.0207 e. The zero-order valence-electron chi connectivity index (χ0n) is 6.91. The first-order valence-electron chi connectivity index (χ1n) is 3.85. The maximum atomic E-state index is 2.89. The second-order valence-corrected chi connectivity index (χ2v) is 5.01. The molecule has 0 aliphatic heterocycles. The molecule has 0 nitrogen and oxygen atoms in total. The van der Waals surface area contributed by atoms with Crippen LogP contribution >= 0.6 is 9.24 Å². The van der Waals surface area contributed by atoms with Crippen LogP contribution in [0.5, 0.6) is 0 Å². The molecule has 0 amide bonds. The molecule has 0 bridgehead atoms. The Kier molecular flexibility index (Phi) is 4.48. The van der Waals surface area contributed by atoms with Crippen LogP contribution in [0.3, 0.4) is 0 Å². The summed E-state index contributed by atoms with van der Waals surface area (Å²) in [6, 6.07) is 0. The topological polar surface area (TPSA) is 0 Å². The van der Waals surface area contributed by atoms with Crippen LogP contribution in [0.15, 0.2) is 0 Å². The van der Waals surface area contributed by atoms with E-state index in [0.29, 0.717) is 5.16 Å². The maximum absolute atomic E-state index is 2.89. The molecule has 0 aromatic carbocycles. The fourth-order valence-electron chi connectivity index (χ4n) is 0.831. The normalized spacial score (nSPS) is 12.0. The Hall–Kier alpha value is 0.430. The Balaban J connectivity index is 3.07. The van der Waals surface area contributed by atoms with E-state index in [4.69, 9.17) is 0 Å². The summed E-state index contributed by atoms with van der Waals surface area (Å²) < 4.78 is 0. The molecule has 1 atom stereocenters. The number of unbranched alkanes of at least 4 members (excludes halogenated alkanes) is 2. The summed E-state index contributed by atoms with van der Waals surface area (Å²) in [5, 5.41) is 0.467. The van der Waals surface area contributed by atoms with Gasteiger partial charge in [0.25, 0.3) is 0 Å². The molecule has 56 valence electrons. The molecule has 0 radical (unpaired) electrons. The van der Waals surface area contributed by atoms with Crippen LogP contribution < -0.4 is 0 Å². The third-order valence-electron chi connectivity index (χ3n) is 1.42. The van der Waals surface area contributed by atoms with Crippen LogP contribution in [-0.2, 0) is 0 Å². The maximum Gasteiger partial charge on any atom is -0.0207 e. The van der Waals surface area contributed by atoms with Gasteiger partial charge in [-0.3, -0.25) is 0 Å². The van der Waals surface area contributed by atoms with Gasteiger partial charge >= 0.3 is 0 Å². The highest BCUT2D eigenvalue weighted by molar-refractivity contribution is 7.18. The van der Waals surface area contributed by atoms with E-state index in [2.05, 4.69) is 30.0 Å². The zero-order chi connectivity index (χ0) is 7.33. The highest BCUT2D eigenvalue weighted by atomic mass is 31.0. The van der Waals surface area contributed by atoms with Crippen molar-refractivity contribution in [3.63, 3.8) is 0 Å². The van der Waals surface area contributed by atoms with Crippen molar-refractivity contribution >= 4 is 9.24 Å². The lowest BCUT2D eigenvalue weighted by Gasteiger charge is -2.16. The lowest BCUT2D eigenvalue weighted by atomic mass is 10.0. The Bertz CT molecular complexity index is 61.5. The average Bonchev–Trinajstić information content (AvgIpc) is 1.63. The van der Waals surface area contributed by atoms with Gasteiger partial charge in [-0.25, -0.2) is 0 Å². The van der Waals surface area contributed by atoms with Crippen molar-refractivity contribution in [2.24, 2.45) is 0 Å². The van der Waals surface area contributed by atoms with Gasteiger partial charge in [0.05, 0.1) is 0 Å². The van der Waals surface area contributed by atoms with Gasteiger partial charge in [0.15, 0.2) is 0 Å². The molecule has 0 saturated carbocycles. The van der Waals surface area contributed by atoms with E-state index < -0.39 is 0 Å². The van der Waals surface area contributed by atoms with Gasteiger partial charge in [0.1, 0.15) is 0 Å². The van der Waals surface area contributed by atoms with Crippen molar-refractivity contribution in [2.75, 3.05) is 0 Å². The van der Waals surface area contributed by atoms with Crippen LogP contribution in [0.25, 0.3) is 0 Å². The van der Waals surface area contributed by atoms with Crippen LogP contribution in [0, 0.1) is 0 Å². The Morgan fingerprint density at radius 2 is 1.78 bits per heavy atom. The minimum Gasteiger partial charge on any atom is -0.132 e. The molecule has 0 heterocycles. The predicted molar refractivity (Wildman–Crippen MR) is 47.9 cm³/mol. The van der Waals surface area contributed by atoms with E-state index in [1.165, 1.54) is 25.7 Å². The molecule has 1 unspecified atom stereocenters. The van der Waals surface area contributed by atoms with Gasteiger partial charge in [-0.2, -0.15) is 0 Å². The van der Waals surface area contributed by atoms with Crippen LogP contribution in [0.2, 0.25) is 0 Å². The first-order valence-corrected chi connectivity index (χ1v) is 4.43. The van der Waals surface area contributed by atoms with Gasteiger partial charge in [0, 0.05) is 0 Å². The predicted octanol–water partition coefficient (Wildman–Crippen LogP) is 3.22. The zero-order valence-corrected chi connectivity index (χ0v) is 8.06. The van der Waals surface area contributed by atoms with E-state index in [9.17, 15) is 0 Å². The van der Waals surface area contributed by atoms with Crippen molar-refractivity contribution in [3.05, 3.63) is 0 Å². The first-order chi connectivity index (χ1) is 4.06. The summed E-state index contributed by atoms with van der Waals surface area (Å²) in [5.74, 6) is 0. The molecule has 0 aromatic heterocycles. The fraction of sp³-hybridized carbons (Fsp3) is 1.00. The highest BCUT2D eigenvalue weighted by Crippen LogP contribution is 2.23. The van der Waals surface area contributed by atoms with Crippen molar-refractivity contribution in [3.8, 4) is 0 Å². The van der Waals surface area contributed by atoms with Gasteiger partial charge in [-0.1, -0.05) is 40.0 Å². The summed E-state index contributed by atoms with van der Waals surface area (Å²) in [4.78, 5) is 0. The molecule has 0 saturated heterocycles. The largest absolute Gasteiger partial charge is 0.132 e. The number of hydrogen-bond donors (Lipinski definition) is 0. The minimum atomic E-state index is 0.467. The monoisotopic (exact) mass is 146 g/mol. The van der Waals surface area contributed by atoms with Crippen LogP contribution in [-0.4, -0.2) is 5.16 Å². The molecule has 0 N–H and O–H groups in total. The number of rotatable bonds is 4. The number of hydrogen-bond acceptors (Lipinski definition) is 0. The standard InChI is InChI=1S/C8H19P/c1-4-5-6-7-8(2,3)9/h4-7,9H2,1-3H3. The highest BCUT2D eigenvalue weighted by Gasteiger charge is 2.07. The second-order valence-electron chi connectivity index (χ2n) is 3.45. The van der Waals surface area contributed by atoms with Gasteiger partial charge in [0.2, 0.25) is 0 Å². The summed E-state index contributed by atoms with van der Waals surface area (Å²) in [7, 11) is 2.89. The van der Waals surface area contributed by atoms with E-state index in [1.54, 1.807) is 0 Å². The molecular weight excluding hydrogens is 127 g/mol. The summed E-state index contributed by atoms with van der Waals surface area (Å²) in [6.07, 6.45) is 5.44. The third kappa shape index (κ3) is 8.43. The summed E-state index contributed by atoms with van der Waals surface area (Å²) in [6.45, 7) is 6.79. The van der Waals surface area contributed by atoms with Crippen molar-refractivity contribution < 1.29 is 0 Å². The Labute approximate surface area is 61.6 Å². The average molecular weight is 146 g/mol. The fourth-order valence-corrected chi connectivity index (χ4v) is 1.03. The minimum absolute atomic E-state index is 0.467. The molecular formula is C8H19P. The Morgan fingerprint density at radius 1 is 1.22 bits per heavy atom. The van der Waals surface area contributed by atoms with E-state index in [1.807, 2.05) is 0 Å². The summed E-state index contributed by atoms with van der Waals surface area (Å²) >= 11 is 0. The lowest BCUT2D eigenvalue weighted by Crippen LogP contribution is -2.07. The summed E-state index contributed by atoms with van der Waals surface area (Å²) in [5.41, 5.74) is 0. The molecule has 9 heavy (non-hydrogen) atoms. The van der Waals surface area contributed by atoms with E-state index in [0.717, 1.165) is 0 Å². The quantitative estimate of drug-likeness (QED) is 0.422.